The molecule has 0 radical (unpaired) electrons. The minimum absolute atomic E-state index is 0.0236. The molecule has 0 spiro atoms. The molecule has 0 saturated carbocycles. The van der Waals surface area contributed by atoms with Gasteiger partial charge >= 0.3 is 5.97 Å². The van der Waals surface area contributed by atoms with E-state index >= 15 is 0 Å². The van der Waals surface area contributed by atoms with Gasteiger partial charge in [-0.3, -0.25) is 14.4 Å². The van der Waals surface area contributed by atoms with Crippen LogP contribution in [0.15, 0.2) is 21.9 Å². The quantitative estimate of drug-likeness (QED) is 0.521. The fourth-order valence-corrected chi connectivity index (χ4v) is 4.20. The smallest absolute Gasteiger partial charge is 0.308 e. The van der Waals surface area contributed by atoms with Crippen LogP contribution in [0.4, 0.5) is 4.79 Å². The van der Waals surface area contributed by atoms with E-state index in [1.54, 1.807) is 4.90 Å². The minimum atomic E-state index is -0.503. The molecule has 0 unspecified atom stereocenters. The summed E-state index contributed by atoms with van der Waals surface area (Å²) in [5.74, 6) is 0.648. The van der Waals surface area contributed by atoms with Gasteiger partial charge in [0.2, 0.25) is 5.89 Å². The predicted molar refractivity (Wildman–Crippen MR) is 108 cm³/mol. The third-order valence-corrected chi connectivity index (χ3v) is 5.91. The number of esters is 1. The Morgan fingerprint density at radius 3 is 2.93 bits per heavy atom. The molecule has 0 atom stereocenters. The molecule has 11 heteroatoms. The summed E-state index contributed by atoms with van der Waals surface area (Å²) in [6, 6.07) is 3.77. The van der Waals surface area contributed by atoms with Crippen molar-refractivity contribution in [1.29, 1.82) is 0 Å². The number of aromatic nitrogens is 2. The van der Waals surface area contributed by atoms with Gasteiger partial charge in [0.15, 0.2) is 6.61 Å². The van der Waals surface area contributed by atoms with Crippen LogP contribution >= 0.6 is 23.1 Å². The van der Waals surface area contributed by atoms with Crippen LogP contribution in [0.25, 0.3) is 10.8 Å². The fourth-order valence-electron chi connectivity index (χ4n) is 2.70. The zero-order valence-electron chi connectivity index (χ0n) is 16.0. The van der Waals surface area contributed by atoms with Crippen LogP contribution in [0, 0.1) is 0 Å². The molecule has 1 fully saturated rings. The summed E-state index contributed by atoms with van der Waals surface area (Å²) in [6.07, 6.45) is 0.807. The molecule has 0 bridgehead atoms. The fraction of sp³-hybridized carbons (Fsp3) is 0.500. The number of hydrogen-bond donors (Lipinski definition) is 0. The van der Waals surface area contributed by atoms with Crippen LogP contribution < -0.4 is 0 Å². The first-order valence-electron chi connectivity index (χ1n) is 9.28. The van der Waals surface area contributed by atoms with Gasteiger partial charge in [-0.05, 0) is 17.9 Å². The highest BCUT2D eigenvalue weighted by Gasteiger charge is 2.23. The Bertz CT molecular complexity index is 839. The largest absolute Gasteiger partial charge is 0.456 e. The molecule has 2 amide bonds. The van der Waals surface area contributed by atoms with E-state index in [4.69, 9.17) is 9.15 Å². The first kappa shape index (κ1) is 21.3. The Kier molecular flexibility index (Phi) is 7.64. The number of carbonyl (C=O) groups is 3. The second-order valence-corrected chi connectivity index (χ2v) is 8.30. The summed E-state index contributed by atoms with van der Waals surface area (Å²) in [5.41, 5.74) is 0. The molecule has 0 aliphatic carbocycles. The monoisotopic (exact) mass is 438 g/mol. The molecule has 9 nitrogen and oxygen atoms in total. The Balaban J connectivity index is 1.47. The molecule has 1 aliphatic rings. The van der Waals surface area contributed by atoms with Crippen molar-refractivity contribution in [1.82, 2.24) is 20.0 Å². The van der Waals surface area contributed by atoms with Gasteiger partial charge in [-0.2, -0.15) is 0 Å². The number of hydrogen-bond acceptors (Lipinski definition) is 9. The van der Waals surface area contributed by atoms with Crippen LogP contribution in [-0.2, 0) is 20.9 Å². The molecule has 0 aromatic carbocycles. The summed E-state index contributed by atoms with van der Waals surface area (Å²) in [6.45, 7) is 3.17. The highest BCUT2D eigenvalue weighted by molar-refractivity contribution is 8.13. The van der Waals surface area contributed by atoms with E-state index in [1.807, 2.05) is 24.4 Å². The van der Waals surface area contributed by atoms with Gasteiger partial charge in [-0.15, -0.1) is 21.5 Å². The van der Waals surface area contributed by atoms with Gasteiger partial charge in [0.1, 0.15) is 0 Å². The molecule has 2 aromatic heterocycles. The lowest BCUT2D eigenvalue weighted by Gasteiger charge is -2.20. The van der Waals surface area contributed by atoms with Gasteiger partial charge in [0, 0.05) is 25.4 Å². The SMILES string of the molecule is CCCN(Cc1nnc(-c2cccs2)o1)C(=O)COC(=O)CCN1CCSC1=O. The maximum absolute atomic E-state index is 12.5. The van der Waals surface area contributed by atoms with Gasteiger partial charge in [0.25, 0.3) is 17.0 Å². The summed E-state index contributed by atoms with van der Waals surface area (Å²) in [7, 11) is 0. The van der Waals surface area contributed by atoms with Crippen molar-refractivity contribution in [2.75, 3.05) is 32.0 Å². The number of thiophene rings is 1. The van der Waals surface area contributed by atoms with E-state index in [0.29, 0.717) is 31.4 Å². The van der Waals surface area contributed by atoms with Crippen molar-refractivity contribution in [2.45, 2.75) is 26.3 Å². The second kappa shape index (κ2) is 10.4. The summed E-state index contributed by atoms with van der Waals surface area (Å²) in [4.78, 5) is 39.9. The first-order valence-corrected chi connectivity index (χ1v) is 11.1. The number of amides is 2. The molecule has 29 heavy (non-hydrogen) atoms. The van der Waals surface area contributed by atoms with Crippen LogP contribution in [0.2, 0.25) is 0 Å². The molecule has 3 heterocycles. The number of rotatable bonds is 10. The number of nitrogens with zero attached hydrogens (tertiary/aromatic N) is 4. The average Bonchev–Trinajstić information content (AvgIpc) is 3.46. The van der Waals surface area contributed by atoms with Crippen LogP contribution in [-0.4, -0.2) is 69.1 Å². The number of thioether (sulfide) groups is 1. The highest BCUT2D eigenvalue weighted by atomic mass is 32.2. The van der Waals surface area contributed by atoms with Crippen molar-refractivity contribution in [3.05, 3.63) is 23.4 Å². The molecular formula is C18H22N4O5S2. The highest BCUT2D eigenvalue weighted by Crippen LogP contribution is 2.23. The van der Waals surface area contributed by atoms with Crippen LogP contribution in [0.3, 0.4) is 0 Å². The van der Waals surface area contributed by atoms with Crippen LogP contribution in [0.5, 0.6) is 0 Å². The average molecular weight is 439 g/mol. The lowest BCUT2D eigenvalue weighted by molar-refractivity contribution is -0.152. The van der Waals surface area contributed by atoms with E-state index in [1.165, 1.54) is 28.0 Å². The number of carbonyl (C=O) groups excluding carboxylic acids is 3. The molecular weight excluding hydrogens is 416 g/mol. The molecule has 1 saturated heterocycles. The van der Waals surface area contributed by atoms with Crippen molar-refractivity contribution < 1.29 is 23.5 Å². The standard InChI is InChI=1S/C18H22N4O5S2/c1-2-6-22(11-14-19-20-17(27-14)13-4-3-9-28-13)15(23)12-26-16(24)5-7-21-8-10-29-18(21)25/h3-4,9H,2,5-8,10-12H2,1H3. The topological polar surface area (TPSA) is 106 Å². The zero-order chi connectivity index (χ0) is 20.6. The summed E-state index contributed by atoms with van der Waals surface area (Å²) in [5, 5.41) is 9.90. The van der Waals surface area contributed by atoms with Crippen LogP contribution in [0.1, 0.15) is 25.7 Å². The Morgan fingerprint density at radius 2 is 2.24 bits per heavy atom. The lowest BCUT2D eigenvalue weighted by Crippen LogP contribution is -2.35. The van der Waals surface area contributed by atoms with E-state index in [-0.39, 0.29) is 30.7 Å². The van der Waals surface area contributed by atoms with E-state index < -0.39 is 5.97 Å². The van der Waals surface area contributed by atoms with Crippen molar-refractivity contribution >= 4 is 40.2 Å². The Labute approximate surface area is 176 Å². The number of ether oxygens (including phenoxy) is 1. The van der Waals surface area contributed by atoms with E-state index in [9.17, 15) is 14.4 Å². The molecule has 0 N–H and O–H groups in total. The van der Waals surface area contributed by atoms with Gasteiger partial charge in [-0.25, -0.2) is 0 Å². The van der Waals surface area contributed by atoms with Crippen molar-refractivity contribution in [3.63, 3.8) is 0 Å². The van der Waals surface area contributed by atoms with Crippen molar-refractivity contribution in [3.8, 4) is 10.8 Å². The maximum atomic E-state index is 12.5. The Morgan fingerprint density at radius 1 is 1.38 bits per heavy atom. The van der Waals surface area contributed by atoms with Gasteiger partial charge < -0.3 is 19.0 Å². The first-order chi connectivity index (χ1) is 14.1. The molecule has 2 aromatic rings. The van der Waals surface area contributed by atoms with Gasteiger partial charge in [-0.1, -0.05) is 24.8 Å². The summed E-state index contributed by atoms with van der Waals surface area (Å²) >= 11 is 2.73. The molecule has 1 aliphatic heterocycles. The van der Waals surface area contributed by atoms with Gasteiger partial charge in [0.05, 0.1) is 17.8 Å². The predicted octanol–water partition coefficient (Wildman–Crippen LogP) is 2.64. The third kappa shape index (κ3) is 6.04. The second-order valence-electron chi connectivity index (χ2n) is 6.31. The lowest BCUT2D eigenvalue weighted by atomic mass is 10.3. The molecule has 3 rings (SSSR count). The maximum Gasteiger partial charge on any atom is 0.308 e. The normalized spacial score (nSPS) is 13.7. The Hall–Kier alpha value is -2.40. The van der Waals surface area contributed by atoms with E-state index in [2.05, 4.69) is 10.2 Å². The van der Waals surface area contributed by atoms with Crippen molar-refractivity contribution in [2.24, 2.45) is 0 Å². The minimum Gasteiger partial charge on any atom is -0.456 e. The third-order valence-electron chi connectivity index (χ3n) is 4.16. The van der Waals surface area contributed by atoms with E-state index in [0.717, 1.165) is 17.1 Å². The zero-order valence-corrected chi connectivity index (χ0v) is 17.7. The molecule has 156 valence electrons. The summed E-state index contributed by atoms with van der Waals surface area (Å²) < 4.78 is 10.7.